The molecule has 0 saturated carbocycles. The summed E-state index contributed by atoms with van der Waals surface area (Å²) >= 11 is 0. The lowest BCUT2D eigenvalue weighted by Crippen LogP contribution is -2.29. The van der Waals surface area contributed by atoms with Crippen LogP contribution in [0.15, 0.2) is 12.2 Å². The Balaban J connectivity index is 3.85. The number of ketones is 1. The van der Waals surface area contributed by atoms with Gasteiger partial charge in [0.15, 0.2) is 0 Å². The molecule has 0 saturated heterocycles. The maximum atomic E-state index is 9.99. The van der Waals surface area contributed by atoms with E-state index in [0.29, 0.717) is 0 Å². The second-order valence-corrected chi connectivity index (χ2v) is 1.15. The van der Waals surface area contributed by atoms with Crippen molar-refractivity contribution >= 4 is 11.8 Å². The van der Waals surface area contributed by atoms with Gasteiger partial charge in [-0.25, -0.2) is 0 Å². The van der Waals surface area contributed by atoms with Crippen LogP contribution in [0, 0.1) is 0 Å². The van der Waals surface area contributed by atoms with Crippen LogP contribution in [0.3, 0.4) is 0 Å². The summed E-state index contributed by atoms with van der Waals surface area (Å²) in [5.41, 5.74) is 0. The van der Waals surface area contributed by atoms with Crippen LogP contribution in [0.2, 0.25) is 0 Å². The van der Waals surface area contributed by atoms with E-state index in [1.807, 2.05) is 0 Å². The summed E-state index contributed by atoms with van der Waals surface area (Å²) in [5.74, 6) is -2.66. The molecule has 0 fully saturated rings. The van der Waals surface area contributed by atoms with Crippen LogP contribution in [-0.2, 0) is 9.59 Å². The maximum Gasteiger partial charge on any atom is 0.200 e. The van der Waals surface area contributed by atoms with Gasteiger partial charge >= 0.3 is 0 Å². The van der Waals surface area contributed by atoms with Crippen LogP contribution < -0.4 is 5.11 Å². The maximum absolute atomic E-state index is 9.99. The van der Waals surface area contributed by atoms with Gasteiger partial charge in [0.05, 0.1) is 0 Å². The molecule has 0 aliphatic heterocycles. The molecule has 0 spiro atoms. The number of rotatable bonds is 2. The second kappa shape index (κ2) is 2.96. The molecule has 0 aromatic carbocycles. The molecule has 0 aliphatic carbocycles. The van der Waals surface area contributed by atoms with Crippen molar-refractivity contribution in [1.82, 2.24) is 0 Å². The quantitative estimate of drug-likeness (QED) is 0.336. The van der Waals surface area contributed by atoms with Gasteiger partial charge in [-0.05, 0) is 13.0 Å². The highest BCUT2D eigenvalue weighted by Crippen LogP contribution is 1.71. The van der Waals surface area contributed by atoms with Gasteiger partial charge < -0.3 is 9.90 Å². The number of carbonyl (C=O) groups is 2. The molecular formula is C5H5O3-. The van der Waals surface area contributed by atoms with Gasteiger partial charge in [0.2, 0.25) is 5.78 Å². The third-order valence-corrected chi connectivity index (χ3v) is 0.519. The van der Waals surface area contributed by atoms with Crippen molar-refractivity contribution in [1.29, 1.82) is 0 Å². The first-order chi connectivity index (χ1) is 3.68. The van der Waals surface area contributed by atoms with Gasteiger partial charge in [-0.1, -0.05) is 6.08 Å². The molecule has 0 aromatic heterocycles. The van der Waals surface area contributed by atoms with E-state index in [4.69, 9.17) is 0 Å². The van der Waals surface area contributed by atoms with Crippen LogP contribution >= 0.6 is 0 Å². The molecule has 0 radical (unpaired) electrons. The summed E-state index contributed by atoms with van der Waals surface area (Å²) in [5, 5.41) is 9.58. The molecule has 44 valence electrons. The van der Waals surface area contributed by atoms with E-state index in [-0.39, 0.29) is 0 Å². The highest BCUT2D eigenvalue weighted by molar-refractivity contribution is 6.36. The standard InChI is InChI=1S/C5H6O3/c1-2-3-4(6)5(7)8/h2-3H,1H3,(H,7,8)/p-1/b3-2+. The molecule has 0 amide bonds. The van der Waals surface area contributed by atoms with Crippen LogP contribution in [0.25, 0.3) is 0 Å². The lowest BCUT2D eigenvalue weighted by molar-refractivity contribution is -0.299. The van der Waals surface area contributed by atoms with E-state index in [2.05, 4.69) is 0 Å². The fraction of sp³-hybridized carbons (Fsp3) is 0.200. The third-order valence-electron chi connectivity index (χ3n) is 0.519. The fourth-order valence-corrected chi connectivity index (χ4v) is 0.219. The van der Waals surface area contributed by atoms with Crippen molar-refractivity contribution in [3.8, 4) is 0 Å². The number of carboxylic acid groups (broad SMARTS) is 1. The normalized spacial score (nSPS) is 9.62. The zero-order valence-corrected chi connectivity index (χ0v) is 4.38. The number of carboxylic acids is 1. The average molecular weight is 113 g/mol. The van der Waals surface area contributed by atoms with Gasteiger partial charge in [0, 0.05) is 0 Å². The molecule has 0 aliphatic rings. The SMILES string of the molecule is C/C=C/C(=O)C(=O)[O-]. The minimum atomic E-state index is -1.66. The Labute approximate surface area is 46.6 Å². The van der Waals surface area contributed by atoms with Crippen LogP contribution in [0.5, 0.6) is 0 Å². The summed E-state index contributed by atoms with van der Waals surface area (Å²) in [4.78, 5) is 19.6. The Bertz CT molecular complexity index is 135. The molecule has 0 atom stereocenters. The lowest BCUT2D eigenvalue weighted by atomic mass is 10.4. The summed E-state index contributed by atoms with van der Waals surface area (Å²) in [7, 11) is 0. The molecule has 0 rings (SSSR count). The van der Waals surface area contributed by atoms with Gasteiger partial charge in [-0.15, -0.1) is 0 Å². The number of allylic oxidation sites excluding steroid dienone is 1. The second-order valence-electron chi connectivity index (χ2n) is 1.15. The Hall–Kier alpha value is -1.12. The van der Waals surface area contributed by atoms with Crippen molar-refractivity contribution in [2.75, 3.05) is 0 Å². The smallest absolute Gasteiger partial charge is 0.200 e. The fourth-order valence-electron chi connectivity index (χ4n) is 0.219. The van der Waals surface area contributed by atoms with Crippen LogP contribution in [0.4, 0.5) is 0 Å². The zero-order valence-electron chi connectivity index (χ0n) is 4.38. The van der Waals surface area contributed by atoms with Crippen molar-refractivity contribution < 1.29 is 14.7 Å². The highest BCUT2D eigenvalue weighted by Gasteiger charge is 1.91. The molecule has 8 heavy (non-hydrogen) atoms. The minimum absolute atomic E-state index is 0.940. The van der Waals surface area contributed by atoms with Crippen molar-refractivity contribution in [3.05, 3.63) is 12.2 Å². The van der Waals surface area contributed by atoms with Gasteiger partial charge in [-0.2, -0.15) is 0 Å². The molecule has 0 unspecified atom stereocenters. The van der Waals surface area contributed by atoms with Crippen LogP contribution in [0.1, 0.15) is 6.92 Å². The topological polar surface area (TPSA) is 57.2 Å². The Morgan fingerprint density at radius 2 is 2.00 bits per heavy atom. The number of carbonyl (C=O) groups excluding carboxylic acids is 2. The van der Waals surface area contributed by atoms with E-state index < -0.39 is 11.8 Å². The molecule has 0 N–H and O–H groups in total. The van der Waals surface area contributed by atoms with E-state index >= 15 is 0 Å². The Kier molecular flexibility index (Phi) is 2.54. The zero-order chi connectivity index (χ0) is 6.57. The van der Waals surface area contributed by atoms with Gasteiger partial charge in [0.25, 0.3) is 0 Å². The monoisotopic (exact) mass is 113 g/mol. The number of hydrogen-bond acceptors (Lipinski definition) is 3. The van der Waals surface area contributed by atoms with Crippen molar-refractivity contribution in [3.63, 3.8) is 0 Å². The van der Waals surface area contributed by atoms with E-state index in [0.717, 1.165) is 6.08 Å². The van der Waals surface area contributed by atoms with Crippen molar-refractivity contribution in [2.45, 2.75) is 6.92 Å². The summed E-state index contributed by atoms with van der Waals surface area (Å²) < 4.78 is 0. The largest absolute Gasteiger partial charge is 0.541 e. The summed E-state index contributed by atoms with van der Waals surface area (Å²) in [6.07, 6.45) is 2.29. The lowest BCUT2D eigenvalue weighted by Gasteiger charge is -1.89. The minimum Gasteiger partial charge on any atom is -0.541 e. The Morgan fingerprint density at radius 3 is 2.12 bits per heavy atom. The molecule has 3 nitrogen and oxygen atoms in total. The predicted octanol–water partition coefficient (Wildman–Crippen LogP) is -1.12. The van der Waals surface area contributed by atoms with Gasteiger partial charge in [-0.3, -0.25) is 4.79 Å². The Morgan fingerprint density at radius 1 is 1.50 bits per heavy atom. The van der Waals surface area contributed by atoms with Gasteiger partial charge in [0.1, 0.15) is 5.97 Å². The van der Waals surface area contributed by atoms with E-state index in [1.165, 1.54) is 6.08 Å². The third kappa shape index (κ3) is 2.12. The number of aliphatic carboxylic acids is 1. The first-order valence-corrected chi connectivity index (χ1v) is 2.06. The summed E-state index contributed by atoms with van der Waals surface area (Å²) in [6, 6.07) is 0. The molecule has 3 heteroatoms. The predicted molar refractivity (Wildman–Crippen MR) is 24.8 cm³/mol. The van der Waals surface area contributed by atoms with E-state index in [1.54, 1.807) is 6.92 Å². The molecule has 0 bridgehead atoms. The van der Waals surface area contributed by atoms with Crippen molar-refractivity contribution in [2.24, 2.45) is 0 Å². The number of hydrogen-bond donors (Lipinski definition) is 0. The van der Waals surface area contributed by atoms with E-state index in [9.17, 15) is 14.7 Å². The first-order valence-electron chi connectivity index (χ1n) is 2.06. The summed E-state index contributed by atoms with van der Waals surface area (Å²) in [6.45, 7) is 1.56. The first kappa shape index (κ1) is 6.88. The molecule has 0 aromatic rings. The highest BCUT2D eigenvalue weighted by atomic mass is 16.4. The average Bonchev–Trinajstić information content (AvgIpc) is 1.67. The molecule has 0 heterocycles. The van der Waals surface area contributed by atoms with Crippen LogP contribution in [-0.4, -0.2) is 11.8 Å². The molecular weight excluding hydrogens is 108 g/mol.